The van der Waals surface area contributed by atoms with Gasteiger partial charge in [0.15, 0.2) is 6.61 Å². The average Bonchev–Trinajstić information content (AvgIpc) is 2.17. The first-order valence-electron chi connectivity index (χ1n) is 3.94. The summed E-state index contributed by atoms with van der Waals surface area (Å²) in [5, 5.41) is 0.644. The fourth-order valence-electron chi connectivity index (χ4n) is 0.854. The molecule has 0 aromatic heterocycles. The van der Waals surface area contributed by atoms with E-state index in [-0.39, 0.29) is 13.2 Å². The van der Waals surface area contributed by atoms with Crippen LogP contribution in [-0.2, 0) is 21.0 Å². The molecule has 0 unspecified atom stereocenters. The molecule has 0 spiro atoms. The number of carbonyl (C=O) groups excluding carboxylic acids is 1. The average molecular weight is 216 g/mol. The van der Waals surface area contributed by atoms with Crippen molar-refractivity contribution in [3.63, 3.8) is 0 Å². The molecule has 0 saturated carbocycles. The van der Waals surface area contributed by atoms with Gasteiger partial charge in [-0.15, -0.1) is 0 Å². The summed E-state index contributed by atoms with van der Waals surface area (Å²) in [6.07, 6.45) is 0. The Balaban J connectivity index is 2.38. The number of nitrogens with two attached hydrogens (primary N) is 1. The molecule has 0 saturated heterocycles. The summed E-state index contributed by atoms with van der Waals surface area (Å²) in [5.41, 5.74) is 0.861. The SMILES string of the molecule is NOCC(=O)OCc1ccc(Cl)cc1. The Labute approximate surface area is 86.5 Å². The molecule has 1 aromatic carbocycles. The second-order valence-electron chi connectivity index (χ2n) is 2.60. The largest absolute Gasteiger partial charge is 0.459 e. The van der Waals surface area contributed by atoms with Gasteiger partial charge in [-0.25, -0.2) is 10.7 Å². The van der Waals surface area contributed by atoms with Gasteiger partial charge in [-0.3, -0.25) is 4.84 Å². The van der Waals surface area contributed by atoms with Crippen LogP contribution in [0.15, 0.2) is 24.3 Å². The van der Waals surface area contributed by atoms with Gasteiger partial charge >= 0.3 is 5.97 Å². The Hall–Kier alpha value is -1.10. The lowest BCUT2D eigenvalue weighted by Gasteiger charge is -2.03. The molecule has 0 heterocycles. The van der Waals surface area contributed by atoms with Gasteiger partial charge in [0, 0.05) is 5.02 Å². The van der Waals surface area contributed by atoms with Crippen LogP contribution in [0.3, 0.4) is 0 Å². The Morgan fingerprint density at radius 1 is 1.36 bits per heavy atom. The summed E-state index contributed by atoms with van der Waals surface area (Å²) < 4.78 is 4.82. The molecule has 0 aliphatic rings. The maximum atomic E-state index is 10.8. The number of ether oxygens (including phenoxy) is 1. The molecule has 0 aliphatic heterocycles. The van der Waals surface area contributed by atoms with Crippen molar-refractivity contribution < 1.29 is 14.4 Å². The number of halogens is 1. The van der Waals surface area contributed by atoms with Crippen LogP contribution in [-0.4, -0.2) is 12.6 Å². The second kappa shape index (κ2) is 5.59. The zero-order chi connectivity index (χ0) is 10.4. The Morgan fingerprint density at radius 2 is 2.00 bits per heavy atom. The van der Waals surface area contributed by atoms with Gasteiger partial charge in [0.25, 0.3) is 0 Å². The summed E-state index contributed by atoms with van der Waals surface area (Å²) >= 11 is 5.68. The van der Waals surface area contributed by atoms with Gasteiger partial charge < -0.3 is 4.74 Å². The summed E-state index contributed by atoms with van der Waals surface area (Å²) in [4.78, 5) is 14.9. The highest BCUT2D eigenvalue weighted by Gasteiger charge is 2.01. The van der Waals surface area contributed by atoms with Gasteiger partial charge in [0.05, 0.1) is 0 Å². The highest BCUT2D eigenvalue weighted by atomic mass is 35.5. The number of hydrogen-bond acceptors (Lipinski definition) is 4. The molecule has 1 rings (SSSR count). The van der Waals surface area contributed by atoms with Gasteiger partial charge in [-0.2, -0.15) is 0 Å². The molecule has 0 amide bonds. The second-order valence-corrected chi connectivity index (χ2v) is 3.03. The summed E-state index contributed by atoms with van der Waals surface area (Å²) in [6.45, 7) is -0.0487. The summed E-state index contributed by atoms with van der Waals surface area (Å²) in [6, 6.07) is 7.01. The van der Waals surface area contributed by atoms with E-state index >= 15 is 0 Å². The Bertz CT molecular complexity index is 299. The first-order valence-corrected chi connectivity index (χ1v) is 4.32. The highest BCUT2D eigenvalue weighted by Crippen LogP contribution is 2.10. The van der Waals surface area contributed by atoms with Crippen molar-refractivity contribution in [2.45, 2.75) is 6.61 Å². The Kier molecular flexibility index (Phi) is 4.39. The smallest absolute Gasteiger partial charge is 0.334 e. The van der Waals surface area contributed by atoms with Crippen LogP contribution < -0.4 is 5.90 Å². The molecule has 2 N–H and O–H groups in total. The third-order valence-electron chi connectivity index (χ3n) is 1.51. The summed E-state index contributed by atoms with van der Waals surface area (Å²) in [5.74, 6) is 4.20. The molecule has 14 heavy (non-hydrogen) atoms. The molecule has 0 bridgehead atoms. The molecule has 0 radical (unpaired) electrons. The van der Waals surface area contributed by atoms with E-state index in [0.29, 0.717) is 5.02 Å². The molecule has 4 nitrogen and oxygen atoms in total. The fraction of sp³-hybridized carbons (Fsp3) is 0.222. The predicted molar refractivity (Wildman–Crippen MR) is 51.4 cm³/mol. The van der Waals surface area contributed by atoms with E-state index in [2.05, 4.69) is 4.84 Å². The topological polar surface area (TPSA) is 61.5 Å². The van der Waals surface area contributed by atoms with Crippen LogP contribution >= 0.6 is 11.6 Å². The first-order chi connectivity index (χ1) is 6.72. The Morgan fingerprint density at radius 3 is 2.57 bits per heavy atom. The number of rotatable bonds is 4. The van der Waals surface area contributed by atoms with Crippen LogP contribution in [0.25, 0.3) is 0 Å². The molecule has 0 atom stereocenters. The highest BCUT2D eigenvalue weighted by molar-refractivity contribution is 6.30. The van der Waals surface area contributed by atoms with E-state index in [9.17, 15) is 4.79 Å². The van der Waals surface area contributed by atoms with Crippen LogP contribution in [0.4, 0.5) is 0 Å². The maximum Gasteiger partial charge on any atom is 0.334 e. The van der Waals surface area contributed by atoms with Crippen LogP contribution in [0.2, 0.25) is 5.02 Å². The van der Waals surface area contributed by atoms with E-state index < -0.39 is 5.97 Å². The first kappa shape index (κ1) is 11.0. The predicted octanol–water partition coefficient (Wildman–Crippen LogP) is 1.27. The van der Waals surface area contributed by atoms with E-state index in [0.717, 1.165) is 5.56 Å². The van der Waals surface area contributed by atoms with E-state index in [1.54, 1.807) is 24.3 Å². The summed E-state index contributed by atoms with van der Waals surface area (Å²) in [7, 11) is 0. The van der Waals surface area contributed by atoms with Crippen molar-refractivity contribution >= 4 is 17.6 Å². The third kappa shape index (κ3) is 3.74. The lowest BCUT2D eigenvalue weighted by atomic mass is 10.2. The van der Waals surface area contributed by atoms with Crippen molar-refractivity contribution in [1.29, 1.82) is 0 Å². The van der Waals surface area contributed by atoms with Crippen molar-refractivity contribution in [3.05, 3.63) is 34.9 Å². The monoisotopic (exact) mass is 215 g/mol. The number of hydrogen-bond donors (Lipinski definition) is 1. The lowest BCUT2D eigenvalue weighted by molar-refractivity contribution is -0.150. The van der Waals surface area contributed by atoms with Gasteiger partial charge in [-0.05, 0) is 17.7 Å². The van der Waals surface area contributed by atoms with Gasteiger partial charge in [0.1, 0.15) is 6.61 Å². The van der Waals surface area contributed by atoms with Crippen LogP contribution in [0.5, 0.6) is 0 Å². The van der Waals surface area contributed by atoms with Gasteiger partial charge in [-0.1, -0.05) is 23.7 Å². The zero-order valence-electron chi connectivity index (χ0n) is 7.40. The number of esters is 1. The van der Waals surface area contributed by atoms with Crippen molar-refractivity contribution in [1.82, 2.24) is 0 Å². The third-order valence-corrected chi connectivity index (χ3v) is 1.77. The molecule has 5 heteroatoms. The molecule has 1 aromatic rings. The normalized spacial score (nSPS) is 9.86. The minimum atomic E-state index is -0.498. The number of carbonyl (C=O) groups is 1. The van der Waals surface area contributed by atoms with Crippen LogP contribution in [0, 0.1) is 0 Å². The minimum absolute atomic E-state index is 0.194. The van der Waals surface area contributed by atoms with E-state index in [4.69, 9.17) is 22.2 Å². The van der Waals surface area contributed by atoms with Gasteiger partial charge in [0.2, 0.25) is 0 Å². The molecular formula is C9H10ClNO3. The van der Waals surface area contributed by atoms with Crippen LogP contribution in [0.1, 0.15) is 5.56 Å². The lowest BCUT2D eigenvalue weighted by Crippen LogP contribution is -2.15. The molecule has 0 aliphatic carbocycles. The number of benzene rings is 1. The zero-order valence-corrected chi connectivity index (χ0v) is 8.16. The fourth-order valence-corrected chi connectivity index (χ4v) is 0.980. The molecular weight excluding hydrogens is 206 g/mol. The standard InChI is InChI=1S/C9H10ClNO3/c10-8-3-1-7(2-4-8)5-13-9(12)6-14-11/h1-4H,5-6,11H2. The quantitative estimate of drug-likeness (QED) is 0.607. The van der Waals surface area contributed by atoms with E-state index in [1.165, 1.54) is 0 Å². The molecule has 0 fully saturated rings. The minimum Gasteiger partial charge on any atom is -0.459 e. The van der Waals surface area contributed by atoms with E-state index in [1.807, 2.05) is 0 Å². The molecule has 76 valence electrons. The van der Waals surface area contributed by atoms with Crippen molar-refractivity contribution in [3.8, 4) is 0 Å². The van der Waals surface area contributed by atoms with Crippen molar-refractivity contribution in [2.24, 2.45) is 5.90 Å². The maximum absolute atomic E-state index is 10.8. The van der Waals surface area contributed by atoms with Crippen molar-refractivity contribution in [2.75, 3.05) is 6.61 Å².